The van der Waals surface area contributed by atoms with Crippen LogP contribution in [-0.4, -0.2) is 124 Å². The fraction of sp³-hybridized carbons (Fsp3) is 0.963. The Morgan fingerprint density at radius 2 is 1.02 bits per heavy atom. The third kappa shape index (κ3) is 34.6. The predicted octanol–water partition coefficient (Wildman–Crippen LogP) is 12.5. The molecule has 384 valence electrons. The van der Waals surface area contributed by atoms with E-state index < -0.39 is 6.29 Å². The quantitative estimate of drug-likeness (QED) is 0.0357. The molecule has 2 aliphatic rings. The molecule has 0 aromatic heterocycles. The van der Waals surface area contributed by atoms with Gasteiger partial charge in [-0.05, 0) is 90.3 Å². The number of likely N-dealkylation sites (tertiary alicyclic amines) is 2. The van der Waals surface area contributed by atoms with Gasteiger partial charge in [0.25, 0.3) is 0 Å². The Balaban J connectivity index is 1.60. The van der Waals surface area contributed by atoms with Crippen LogP contribution < -0.4 is 0 Å². The fourth-order valence-electron chi connectivity index (χ4n) is 9.10. The van der Waals surface area contributed by atoms with E-state index in [-0.39, 0.29) is 30.4 Å². The molecule has 0 saturated carbocycles. The number of carbonyl (C=O) groups excluding carboxylic acids is 2. The molecule has 0 radical (unpaired) electrons. The molecule has 0 spiro atoms. The summed E-state index contributed by atoms with van der Waals surface area (Å²) >= 11 is 0. The third-order valence-electron chi connectivity index (χ3n) is 13.2. The maximum Gasteiger partial charge on any atom is 0.323 e. The van der Waals surface area contributed by atoms with E-state index in [9.17, 15) is 14.7 Å². The highest BCUT2D eigenvalue weighted by Crippen LogP contribution is 2.24. The van der Waals surface area contributed by atoms with Crippen molar-refractivity contribution in [2.24, 2.45) is 0 Å². The maximum atomic E-state index is 13.4. The highest BCUT2D eigenvalue weighted by molar-refractivity contribution is 5.76. The van der Waals surface area contributed by atoms with Crippen LogP contribution in [0.15, 0.2) is 0 Å². The van der Waals surface area contributed by atoms with Gasteiger partial charge in [0.1, 0.15) is 6.04 Å². The standard InChI is InChI=1S/C54H104N2O9/c1-4-7-10-13-14-15-16-20-28-41-61-51(57)34-24-23-25-40-56-48-49(60-46-33-39-55-37-26-27-38-55)47-50(56)54(59)65-45-32-22-17-21-29-42-62-52(58)35-36-53(63-43-30-18-11-8-5-2)64-44-31-19-12-9-6-3/h49-51,53,57H,4-48H2,1-3H3. The van der Waals surface area contributed by atoms with E-state index in [4.69, 9.17) is 28.4 Å². The third-order valence-corrected chi connectivity index (χ3v) is 13.2. The number of nitrogens with zero attached hydrogens (tertiary/aromatic N) is 2. The van der Waals surface area contributed by atoms with Gasteiger partial charge in [-0.15, -0.1) is 0 Å². The van der Waals surface area contributed by atoms with Crippen LogP contribution >= 0.6 is 0 Å². The Morgan fingerprint density at radius 1 is 0.523 bits per heavy atom. The van der Waals surface area contributed by atoms with Crippen molar-refractivity contribution in [2.45, 2.75) is 264 Å². The molecule has 2 heterocycles. The molecule has 0 aromatic carbocycles. The van der Waals surface area contributed by atoms with Crippen LogP contribution in [0.3, 0.4) is 0 Å². The summed E-state index contributed by atoms with van der Waals surface area (Å²) in [6.07, 6.45) is 35.7. The summed E-state index contributed by atoms with van der Waals surface area (Å²) in [5.74, 6) is -0.309. The normalized spacial score (nSPS) is 17.4. The Hall–Kier alpha value is -1.34. The summed E-state index contributed by atoms with van der Waals surface area (Å²) in [6, 6.07) is -0.266. The molecule has 2 rings (SSSR count). The molecule has 2 fully saturated rings. The van der Waals surface area contributed by atoms with Gasteiger partial charge in [-0.25, -0.2) is 0 Å². The number of esters is 2. The van der Waals surface area contributed by atoms with Crippen LogP contribution in [0.4, 0.5) is 0 Å². The van der Waals surface area contributed by atoms with E-state index in [1.807, 2.05) is 0 Å². The van der Waals surface area contributed by atoms with E-state index >= 15 is 0 Å². The summed E-state index contributed by atoms with van der Waals surface area (Å²) in [5, 5.41) is 10.4. The first-order valence-corrected chi connectivity index (χ1v) is 27.9. The number of rotatable bonds is 48. The van der Waals surface area contributed by atoms with Crippen LogP contribution in [0, 0.1) is 0 Å². The number of unbranched alkanes of at least 4 members (excludes halogenated alkanes) is 22. The Morgan fingerprint density at radius 3 is 1.58 bits per heavy atom. The summed E-state index contributed by atoms with van der Waals surface area (Å²) in [7, 11) is 0. The highest BCUT2D eigenvalue weighted by Gasteiger charge is 2.38. The van der Waals surface area contributed by atoms with Gasteiger partial charge in [-0.3, -0.25) is 14.5 Å². The van der Waals surface area contributed by atoms with Gasteiger partial charge in [0.15, 0.2) is 12.6 Å². The zero-order valence-corrected chi connectivity index (χ0v) is 42.7. The number of aliphatic hydroxyl groups excluding tert-OH is 1. The van der Waals surface area contributed by atoms with Crippen LogP contribution in [0.25, 0.3) is 0 Å². The zero-order valence-electron chi connectivity index (χ0n) is 42.7. The molecule has 65 heavy (non-hydrogen) atoms. The second-order valence-electron chi connectivity index (χ2n) is 19.3. The lowest BCUT2D eigenvalue weighted by Crippen LogP contribution is -2.38. The number of carbonyl (C=O) groups is 2. The zero-order chi connectivity index (χ0) is 46.7. The molecule has 11 heteroatoms. The molecule has 3 unspecified atom stereocenters. The molecule has 0 amide bonds. The molecule has 0 bridgehead atoms. The topological polar surface area (TPSA) is 116 Å². The lowest BCUT2D eigenvalue weighted by molar-refractivity contribution is -0.159. The van der Waals surface area contributed by atoms with Crippen molar-refractivity contribution in [3.8, 4) is 0 Å². The lowest BCUT2D eigenvalue weighted by Gasteiger charge is -2.22. The highest BCUT2D eigenvalue weighted by atomic mass is 16.7. The maximum absolute atomic E-state index is 13.4. The van der Waals surface area contributed by atoms with Crippen LogP contribution in [0.5, 0.6) is 0 Å². The molecular weight excluding hydrogens is 821 g/mol. The van der Waals surface area contributed by atoms with Crippen LogP contribution in [0.1, 0.15) is 239 Å². The van der Waals surface area contributed by atoms with Gasteiger partial charge in [0.2, 0.25) is 0 Å². The smallest absolute Gasteiger partial charge is 0.323 e. The first kappa shape index (κ1) is 59.8. The van der Waals surface area contributed by atoms with Crippen molar-refractivity contribution in [1.29, 1.82) is 0 Å². The average molecular weight is 925 g/mol. The largest absolute Gasteiger partial charge is 0.466 e. The molecule has 1 N–H and O–H groups in total. The number of hydrogen-bond acceptors (Lipinski definition) is 11. The van der Waals surface area contributed by atoms with Gasteiger partial charge in [-0.2, -0.15) is 0 Å². The Labute approximate surface area is 399 Å². The molecule has 0 aliphatic carbocycles. The van der Waals surface area contributed by atoms with E-state index in [0.29, 0.717) is 58.7 Å². The fourth-order valence-corrected chi connectivity index (χ4v) is 9.10. The lowest BCUT2D eigenvalue weighted by atomic mass is 10.1. The van der Waals surface area contributed by atoms with Gasteiger partial charge in [0, 0.05) is 52.4 Å². The van der Waals surface area contributed by atoms with Crippen molar-refractivity contribution < 1.29 is 43.1 Å². The number of ether oxygens (including phenoxy) is 6. The minimum atomic E-state index is -0.687. The van der Waals surface area contributed by atoms with Crippen LogP contribution in [0.2, 0.25) is 0 Å². The molecule has 2 aliphatic heterocycles. The van der Waals surface area contributed by atoms with Crippen molar-refractivity contribution in [1.82, 2.24) is 9.80 Å². The monoisotopic (exact) mass is 925 g/mol. The van der Waals surface area contributed by atoms with Crippen molar-refractivity contribution in [3.05, 3.63) is 0 Å². The summed E-state index contributed by atoms with van der Waals surface area (Å²) < 4.78 is 35.6. The average Bonchev–Trinajstić information content (AvgIpc) is 3.99. The summed E-state index contributed by atoms with van der Waals surface area (Å²) in [6.45, 7) is 15.4. The Kier molecular flexibility index (Phi) is 40.4. The van der Waals surface area contributed by atoms with Crippen LogP contribution in [-0.2, 0) is 38.0 Å². The second kappa shape index (κ2) is 43.9. The number of hydrogen-bond donors (Lipinski definition) is 1. The summed E-state index contributed by atoms with van der Waals surface area (Å²) in [5.41, 5.74) is 0. The second-order valence-corrected chi connectivity index (χ2v) is 19.3. The minimum absolute atomic E-state index is 0.0508. The van der Waals surface area contributed by atoms with E-state index in [1.165, 1.54) is 129 Å². The van der Waals surface area contributed by atoms with Gasteiger partial charge < -0.3 is 38.4 Å². The SMILES string of the molecule is CCCCCCCCCCCOC(O)CCCCCN1CC(OCCCN2CCCC2)CC1C(=O)OCCCCCCCOC(=O)CCC(OCCCCCCC)OCCCCCCC. The van der Waals surface area contributed by atoms with Gasteiger partial charge in [0.05, 0.1) is 25.7 Å². The first-order chi connectivity index (χ1) is 32.0. The van der Waals surface area contributed by atoms with E-state index in [1.54, 1.807) is 0 Å². The minimum Gasteiger partial charge on any atom is -0.466 e. The molecule has 0 aromatic rings. The van der Waals surface area contributed by atoms with E-state index in [0.717, 1.165) is 103 Å². The van der Waals surface area contributed by atoms with Crippen molar-refractivity contribution >= 4 is 11.9 Å². The van der Waals surface area contributed by atoms with Gasteiger partial charge >= 0.3 is 11.9 Å². The Bertz CT molecular complexity index is 1050. The van der Waals surface area contributed by atoms with Crippen molar-refractivity contribution in [3.63, 3.8) is 0 Å². The molecule has 3 atom stereocenters. The number of aliphatic hydroxyl groups is 1. The molecule has 11 nitrogen and oxygen atoms in total. The van der Waals surface area contributed by atoms with Crippen molar-refractivity contribution in [2.75, 3.05) is 72.4 Å². The summed E-state index contributed by atoms with van der Waals surface area (Å²) in [4.78, 5) is 30.8. The predicted molar refractivity (Wildman–Crippen MR) is 265 cm³/mol. The molecule has 2 saturated heterocycles. The van der Waals surface area contributed by atoms with E-state index in [2.05, 4.69) is 30.6 Å². The first-order valence-electron chi connectivity index (χ1n) is 27.9. The van der Waals surface area contributed by atoms with Gasteiger partial charge in [-0.1, -0.05) is 149 Å². The molecular formula is C54H104N2O9.